The molecule has 0 spiro atoms. The third kappa shape index (κ3) is 10.8. The second-order valence-electron chi connectivity index (χ2n) is 6.76. The van der Waals surface area contributed by atoms with Crippen molar-refractivity contribution in [2.45, 2.75) is 57.7 Å². The maximum atomic E-state index is 12.0. The molecule has 0 aliphatic heterocycles. The molecule has 0 aromatic heterocycles. The van der Waals surface area contributed by atoms with Crippen molar-refractivity contribution in [2.24, 2.45) is 0 Å². The number of hydrogen-bond acceptors (Lipinski definition) is 5. The van der Waals surface area contributed by atoms with E-state index in [0.717, 1.165) is 19.5 Å². The van der Waals surface area contributed by atoms with Gasteiger partial charge < -0.3 is 26.2 Å². The number of urea groups is 1. The predicted molar refractivity (Wildman–Crippen MR) is 106 cm³/mol. The third-order valence-corrected chi connectivity index (χ3v) is 4.31. The Bertz CT molecular complexity index is 680. The minimum atomic E-state index is -1.33. The fourth-order valence-corrected chi connectivity index (χ4v) is 2.69. The number of aliphatic carboxylic acids is 2. The molecule has 0 saturated heterocycles. The van der Waals surface area contributed by atoms with Crippen molar-refractivity contribution in [2.75, 3.05) is 6.54 Å². The number of rotatable bonds is 14. The summed E-state index contributed by atoms with van der Waals surface area (Å²) >= 11 is 0. The zero-order valence-electron chi connectivity index (χ0n) is 16.5. The average Bonchev–Trinajstić information content (AvgIpc) is 2.67. The molecule has 0 radical (unpaired) electrons. The van der Waals surface area contributed by atoms with Crippen LogP contribution in [0.15, 0.2) is 30.3 Å². The van der Waals surface area contributed by atoms with Gasteiger partial charge in [-0.15, -0.1) is 0 Å². The lowest BCUT2D eigenvalue weighted by Crippen LogP contribution is -2.50. The first-order valence-electron chi connectivity index (χ1n) is 9.56. The van der Waals surface area contributed by atoms with Crippen molar-refractivity contribution in [1.82, 2.24) is 16.0 Å². The molecule has 0 saturated carbocycles. The average molecular weight is 407 g/mol. The van der Waals surface area contributed by atoms with Gasteiger partial charge in [0.05, 0.1) is 6.04 Å². The molecule has 0 aliphatic carbocycles. The van der Waals surface area contributed by atoms with Gasteiger partial charge in [0, 0.05) is 13.0 Å². The quantitative estimate of drug-likeness (QED) is 0.294. The molecule has 160 valence electrons. The molecule has 1 rings (SSSR count). The molecule has 2 amide bonds. The molecule has 0 heterocycles. The smallest absolute Gasteiger partial charge is 0.326 e. The number of carbonyl (C=O) groups is 4. The van der Waals surface area contributed by atoms with E-state index >= 15 is 0 Å². The van der Waals surface area contributed by atoms with Gasteiger partial charge in [0.15, 0.2) is 5.78 Å². The summed E-state index contributed by atoms with van der Waals surface area (Å²) in [5, 5.41) is 25.7. The fraction of sp³-hybridized carbons (Fsp3) is 0.500. The van der Waals surface area contributed by atoms with Crippen LogP contribution in [-0.4, -0.2) is 52.6 Å². The van der Waals surface area contributed by atoms with Crippen LogP contribution >= 0.6 is 0 Å². The van der Waals surface area contributed by atoms with Gasteiger partial charge in [-0.1, -0.05) is 30.3 Å². The summed E-state index contributed by atoms with van der Waals surface area (Å²) in [6, 6.07) is 7.11. The Kier molecular flexibility index (Phi) is 11.0. The molecule has 0 unspecified atom stereocenters. The van der Waals surface area contributed by atoms with E-state index in [2.05, 4.69) is 16.0 Å². The summed E-state index contributed by atoms with van der Waals surface area (Å²) < 4.78 is 0. The van der Waals surface area contributed by atoms with Crippen LogP contribution in [0.4, 0.5) is 4.79 Å². The summed E-state index contributed by atoms with van der Waals surface area (Å²) in [6.07, 6.45) is 1.33. The Hall–Kier alpha value is -2.94. The molecule has 0 fully saturated rings. The van der Waals surface area contributed by atoms with Gasteiger partial charge >= 0.3 is 18.0 Å². The standard InChI is InChI=1S/C20H29N3O6/c1-14(24)16(9-5-6-12-21-13-15-7-3-2-4-8-15)22-20(29)23-17(19(27)28)10-11-18(25)26/h2-4,7-8,16-17,21H,5-6,9-13H2,1H3,(H,25,26)(H,27,28)(H2,22,23,29)/t16-,17-/m0/s1. The number of Topliss-reactive ketones (excluding diaryl/α,β-unsaturated/α-hetero) is 1. The van der Waals surface area contributed by atoms with Gasteiger partial charge in [0.2, 0.25) is 0 Å². The van der Waals surface area contributed by atoms with Crippen LogP contribution in [-0.2, 0) is 20.9 Å². The van der Waals surface area contributed by atoms with Crippen LogP contribution in [0.2, 0.25) is 0 Å². The minimum Gasteiger partial charge on any atom is -0.481 e. The largest absolute Gasteiger partial charge is 0.481 e. The molecule has 1 aromatic carbocycles. The summed E-state index contributed by atoms with van der Waals surface area (Å²) in [5.41, 5.74) is 1.18. The van der Waals surface area contributed by atoms with E-state index in [1.54, 1.807) is 0 Å². The van der Waals surface area contributed by atoms with E-state index in [0.29, 0.717) is 12.8 Å². The Balaban J connectivity index is 2.33. The zero-order chi connectivity index (χ0) is 21.6. The lowest BCUT2D eigenvalue weighted by atomic mass is 10.1. The van der Waals surface area contributed by atoms with E-state index in [1.807, 2.05) is 30.3 Å². The van der Waals surface area contributed by atoms with Gasteiger partial charge in [-0.3, -0.25) is 9.59 Å². The summed E-state index contributed by atoms with van der Waals surface area (Å²) in [6.45, 7) is 2.88. The Morgan fingerprint density at radius 1 is 0.931 bits per heavy atom. The van der Waals surface area contributed by atoms with E-state index in [-0.39, 0.29) is 18.6 Å². The number of carbonyl (C=O) groups excluding carboxylic acids is 2. The summed E-state index contributed by atoms with van der Waals surface area (Å²) in [7, 11) is 0. The van der Waals surface area contributed by atoms with Crippen molar-refractivity contribution in [3.05, 3.63) is 35.9 Å². The number of carboxylic acids is 2. The highest BCUT2D eigenvalue weighted by Gasteiger charge is 2.23. The van der Waals surface area contributed by atoms with Gasteiger partial charge in [-0.2, -0.15) is 0 Å². The van der Waals surface area contributed by atoms with Crippen LogP contribution in [0.5, 0.6) is 0 Å². The number of hydrogen-bond donors (Lipinski definition) is 5. The molecular formula is C20H29N3O6. The molecule has 9 heteroatoms. The van der Waals surface area contributed by atoms with Crippen molar-refractivity contribution in [1.29, 1.82) is 0 Å². The molecule has 5 N–H and O–H groups in total. The lowest BCUT2D eigenvalue weighted by Gasteiger charge is -2.19. The zero-order valence-corrected chi connectivity index (χ0v) is 16.5. The number of ketones is 1. The Labute approximate surface area is 169 Å². The van der Waals surface area contributed by atoms with E-state index in [1.165, 1.54) is 12.5 Å². The number of carboxylic acid groups (broad SMARTS) is 2. The summed E-state index contributed by atoms with van der Waals surface area (Å²) in [4.78, 5) is 45.5. The number of amides is 2. The minimum absolute atomic E-state index is 0.227. The highest BCUT2D eigenvalue weighted by Crippen LogP contribution is 2.04. The second kappa shape index (κ2) is 13.3. The number of unbranched alkanes of at least 4 members (excludes halogenated alkanes) is 1. The monoisotopic (exact) mass is 407 g/mol. The highest BCUT2D eigenvalue weighted by atomic mass is 16.4. The second-order valence-corrected chi connectivity index (χ2v) is 6.76. The van der Waals surface area contributed by atoms with E-state index < -0.39 is 30.1 Å². The molecular weight excluding hydrogens is 378 g/mol. The van der Waals surface area contributed by atoms with E-state index in [9.17, 15) is 19.2 Å². The first-order chi connectivity index (χ1) is 13.8. The van der Waals surface area contributed by atoms with Crippen LogP contribution in [0, 0.1) is 0 Å². The molecule has 0 aliphatic rings. The molecule has 0 bridgehead atoms. The Morgan fingerprint density at radius 3 is 2.17 bits per heavy atom. The van der Waals surface area contributed by atoms with Crippen LogP contribution in [0.1, 0.15) is 44.6 Å². The van der Waals surface area contributed by atoms with Gasteiger partial charge in [-0.25, -0.2) is 9.59 Å². The Morgan fingerprint density at radius 2 is 1.59 bits per heavy atom. The highest BCUT2D eigenvalue weighted by molar-refractivity contribution is 5.88. The predicted octanol–water partition coefficient (Wildman–Crippen LogP) is 1.52. The molecule has 29 heavy (non-hydrogen) atoms. The summed E-state index contributed by atoms with van der Waals surface area (Å²) in [5.74, 6) is -2.71. The van der Waals surface area contributed by atoms with Crippen molar-refractivity contribution in [3.8, 4) is 0 Å². The van der Waals surface area contributed by atoms with Crippen molar-refractivity contribution >= 4 is 23.8 Å². The van der Waals surface area contributed by atoms with Gasteiger partial charge in [0.1, 0.15) is 6.04 Å². The number of benzene rings is 1. The maximum absolute atomic E-state index is 12.0. The van der Waals surface area contributed by atoms with Crippen LogP contribution in [0.25, 0.3) is 0 Å². The molecule has 1 aromatic rings. The fourth-order valence-electron chi connectivity index (χ4n) is 2.69. The van der Waals surface area contributed by atoms with Gasteiger partial charge in [-0.05, 0) is 44.7 Å². The number of nitrogens with one attached hydrogen (secondary N) is 3. The lowest BCUT2D eigenvalue weighted by molar-refractivity contribution is -0.140. The van der Waals surface area contributed by atoms with Crippen molar-refractivity contribution in [3.63, 3.8) is 0 Å². The molecule has 2 atom stereocenters. The SMILES string of the molecule is CC(=O)[C@H](CCCCNCc1ccccc1)NC(=O)N[C@@H](CCC(=O)O)C(=O)O. The first kappa shape index (κ1) is 24.1. The van der Waals surface area contributed by atoms with Crippen LogP contribution < -0.4 is 16.0 Å². The van der Waals surface area contributed by atoms with Crippen LogP contribution in [0.3, 0.4) is 0 Å². The van der Waals surface area contributed by atoms with Gasteiger partial charge in [0.25, 0.3) is 0 Å². The van der Waals surface area contributed by atoms with E-state index in [4.69, 9.17) is 10.2 Å². The molecule has 9 nitrogen and oxygen atoms in total. The van der Waals surface area contributed by atoms with Crippen molar-refractivity contribution < 1.29 is 29.4 Å². The normalized spacial score (nSPS) is 12.6. The third-order valence-electron chi connectivity index (χ3n) is 4.31. The maximum Gasteiger partial charge on any atom is 0.326 e. The first-order valence-corrected chi connectivity index (χ1v) is 9.56. The topological polar surface area (TPSA) is 145 Å².